The maximum atomic E-state index is 12.2. The number of rotatable bonds is 7. The molecule has 0 bridgehead atoms. The van der Waals surface area contributed by atoms with Crippen LogP contribution in [0.5, 0.6) is 11.5 Å². The molecule has 0 radical (unpaired) electrons. The second kappa shape index (κ2) is 7.65. The van der Waals surface area contributed by atoms with Gasteiger partial charge in [0.2, 0.25) is 10.0 Å². The number of hydrogen-bond donors (Lipinski definition) is 1. The van der Waals surface area contributed by atoms with Crippen LogP contribution in [0.1, 0.15) is 23.7 Å². The molecule has 1 N–H and O–H groups in total. The van der Waals surface area contributed by atoms with Crippen molar-refractivity contribution < 1.29 is 22.7 Å². The summed E-state index contributed by atoms with van der Waals surface area (Å²) in [6.45, 7) is 3.23. The summed E-state index contributed by atoms with van der Waals surface area (Å²) in [4.78, 5) is 12.2. The van der Waals surface area contributed by atoms with E-state index in [0.717, 1.165) is 0 Å². The first-order valence-corrected chi connectivity index (χ1v) is 9.17. The van der Waals surface area contributed by atoms with Gasteiger partial charge in [-0.05, 0) is 25.5 Å². The van der Waals surface area contributed by atoms with Crippen LogP contribution < -0.4 is 14.8 Å². The second-order valence-corrected chi connectivity index (χ2v) is 7.53. The zero-order valence-electron chi connectivity index (χ0n) is 13.4. The van der Waals surface area contributed by atoms with Crippen molar-refractivity contribution >= 4 is 15.9 Å². The fourth-order valence-electron chi connectivity index (χ4n) is 2.21. The lowest BCUT2D eigenvalue weighted by Crippen LogP contribution is -2.32. The van der Waals surface area contributed by atoms with Crippen LogP contribution in [0.15, 0.2) is 18.2 Å². The number of ether oxygens (including phenoxy) is 2. The van der Waals surface area contributed by atoms with Crippen molar-refractivity contribution in [3.05, 3.63) is 23.8 Å². The van der Waals surface area contributed by atoms with E-state index in [2.05, 4.69) is 5.32 Å². The molecular formula is C15H22N2O5S. The van der Waals surface area contributed by atoms with Crippen molar-refractivity contribution in [2.45, 2.75) is 13.3 Å². The average Bonchev–Trinajstić information content (AvgIpc) is 2.57. The molecule has 128 valence electrons. The van der Waals surface area contributed by atoms with E-state index in [9.17, 15) is 13.2 Å². The van der Waals surface area contributed by atoms with Crippen LogP contribution in [-0.2, 0) is 10.0 Å². The number of fused-ring (bicyclic) bond motifs is 1. The lowest BCUT2D eigenvalue weighted by atomic mass is 10.1. The lowest BCUT2D eigenvalue weighted by Gasteiger charge is -2.20. The highest BCUT2D eigenvalue weighted by atomic mass is 32.2. The molecule has 1 heterocycles. The third-order valence-corrected chi connectivity index (χ3v) is 5.45. The number of para-hydroxylation sites is 1. The smallest absolute Gasteiger partial charge is 0.255 e. The number of nitrogens with one attached hydrogen (secondary N) is 1. The Morgan fingerprint density at radius 3 is 2.78 bits per heavy atom. The molecule has 0 unspecified atom stereocenters. The zero-order chi connectivity index (χ0) is 16.9. The van der Waals surface area contributed by atoms with Crippen molar-refractivity contribution in [3.8, 4) is 11.5 Å². The van der Waals surface area contributed by atoms with Gasteiger partial charge in [0.25, 0.3) is 5.91 Å². The molecule has 8 heteroatoms. The predicted octanol–water partition coefficient (Wildman–Crippen LogP) is 0.859. The minimum atomic E-state index is -3.18. The number of hydrogen-bond acceptors (Lipinski definition) is 5. The van der Waals surface area contributed by atoms with Crippen LogP contribution in [0, 0.1) is 0 Å². The molecule has 0 fully saturated rings. The van der Waals surface area contributed by atoms with Crippen molar-refractivity contribution in [1.29, 1.82) is 0 Å². The summed E-state index contributed by atoms with van der Waals surface area (Å²) < 4.78 is 35.5. The van der Waals surface area contributed by atoms with Gasteiger partial charge in [-0.2, -0.15) is 0 Å². The van der Waals surface area contributed by atoms with Gasteiger partial charge in [-0.1, -0.05) is 6.07 Å². The van der Waals surface area contributed by atoms with Gasteiger partial charge >= 0.3 is 0 Å². The van der Waals surface area contributed by atoms with Crippen LogP contribution in [0.25, 0.3) is 0 Å². The van der Waals surface area contributed by atoms with Gasteiger partial charge in [0.15, 0.2) is 11.5 Å². The Balaban J connectivity index is 1.87. The third-order valence-electron chi connectivity index (χ3n) is 3.59. The van der Waals surface area contributed by atoms with Crippen LogP contribution in [0.3, 0.4) is 0 Å². The summed E-state index contributed by atoms with van der Waals surface area (Å²) in [5, 5.41) is 2.78. The average molecular weight is 342 g/mol. The van der Waals surface area contributed by atoms with Crippen LogP contribution in [-0.4, -0.2) is 57.7 Å². The van der Waals surface area contributed by atoms with Gasteiger partial charge in [-0.3, -0.25) is 4.79 Å². The fraction of sp³-hybridized carbons (Fsp3) is 0.533. The zero-order valence-corrected chi connectivity index (χ0v) is 14.2. The first-order valence-electron chi connectivity index (χ1n) is 7.56. The number of carbonyl (C=O) groups is 1. The van der Waals surface area contributed by atoms with E-state index < -0.39 is 10.0 Å². The summed E-state index contributed by atoms with van der Waals surface area (Å²) in [5.41, 5.74) is 0.428. The first-order chi connectivity index (χ1) is 11.0. The van der Waals surface area contributed by atoms with Crippen molar-refractivity contribution in [2.24, 2.45) is 0 Å². The highest BCUT2D eigenvalue weighted by Crippen LogP contribution is 2.33. The summed E-state index contributed by atoms with van der Waals surface area (Å²) in [6, 6.07) is 5.18. The highest BCUT2D eigenvalue weighted by Gasteiger charge is 2.20. The van der Waals surface area contributed by atoms with E-state index in [0.29, 0.717) is 49.8 Å². The fourth-order valence-corrected chi connectivity index (χ4v) is 3.06. The van der Waals surface area contributed by atoms with E-state index in [4.69, 9.17) is 9.47 Å². The molecule has 1 aromatic rings. The molecule has 0 saturated heterocycles. The Bertz CT molecular complexity index is 660. The number of carbonyl (C=O) groups excluding carboxylic acids is 1. The summed E-state index contributed by atoms with van der Waals surface area (Å²) >= 11 is 0. The van der Waals surface area contributed by atoms with Crippen LogP contribution in [0.2, 0.25) is 0 Å². The molecule has 0 saturated carbocycles. The van der Waals surface area contributed by atoms with Gasteiger partial charge in [0.05, 0.1) is 11.3 Å². The molecule has 0 aromatic heterocycles. The lowest BCUT2D eigenvalue weighted by molar-refractivity contribution is 0.0941. The third kappa shape index (κ3) is 4.35. The Morgan fingerprint density at radius 1 is 1.30 bits per heavy atom. The molecule has 0 aliphatic carbocycles. The molecule has 2 rings (SSSR count). The van der Waals surface area contributed by atoms with Crippen molar-refractivity contribution in [2.75, 3.05) is 39.1 Å². The second-order valence-electron chi connectivity index (χ2n) is 5.16. The number of sulfonamides is 1. The molecule has 0 atom stereocenters. The maximum Gasteiger partial charge on any atom is 0.255 e. The van der Waals surface area contributed by atoms with E-state index in [1.165, 1.54) is 4.31 Å². The number of nitrogens with zero attached hydrogens (tertiary/aromatic N) is 1. The molecule has 1 amide bonds. The van der Waals surface area contributed by atoms with E-state index in [1.807, 2.05) is 0 Å². The highest BCUT2D eigenvalue weighted by molar-refractivity contribution is 7.89. The van der Waals surface area contributed by atoms with E-state index in [-0.39, 0.29) is 11.7 Å². The molecular weight excluding hydrogens is 320 g/mol. The summed E-state index contributed by atoms with van der Waals surface area (Å²) in [5.74, 6) is 0.844. The van der Waals surface area contributed by atoms with Gasteiger partial charge in [0.1, 0.15) is 13.2 Å². The Kier molecular flexibility index (Phi) is 5.84. The maximum absolute atomic E-state index is 12.2. The number of benzene rings is 1. The van der Waals surface area contributed by atoms with Crippen LogP contribution >= 0.6 is 0 Å². The van der Waals surface area contributed by atoms with E-state index >= 15 is 0 Å². The molecule has 7 nitrogen and oxygen atoms in total. The Hall–Kier alpha value is -1.80. The molecule has 0 spiro atoms. The topological polar surface area (TPSA) is 84.9 Å². The molecule has 1 aromatic carbocycles. The van der Waals surface area contributed by atoms with E-state index in [1.54, 1.807) is 32.2 Å². The van der Waals surface area contributed by atoms with Crippen molar-refractivity contribution in [1.82, 2.24) is 9.62 Å². The van der Waals surface area contributed by atoms with Gasteiger partial charge in [-0.25, -0.2) is 12.7 Å². The molecule has 23 heavy (non-hydrogen) atoms. The summed E-state index contributed by atoms with van der Waals surface area (Å²) in [6.07, 6.45) is 0.536. The Labute approximate surface area is 136 Å². The number of amides is 1. The van der Waals surface area contributed by atoms with Crippen molar-refractivity contribution in [3.63, 3.8) is 0 Å². The monoisotopic (exact) mass is 342 g/mol. The largest absolute Gasteiger partial charge is 0.486 e. The van der Waals surface area contributed by atoms with Gasteiger partial charge in [0, 0.05) is 20.1 Å². The standard InChI is InChI=1S/C15H22N2O5S/c1-3-23(19,20)17(2)9-5-8-16-15(18)12-6-4-7-13-14(12)22-11-10-21-13/h4,6-7H,3,5,8-11H2,1-2H3,(H,16,18). The van der Waals surface area contributed by atoms with Gasteiger partial charge in [-0.15, -0.1) is 0 Å². The molecule has 1 aliphatic heterocycles. The Morgan fingerprint density at radius 2 is 2.04 bits per heavy atom. The quantitative estimate of drug-likeness (QED) is 0.743. The SMILES string of the molecule is CCS(=O)(=O)N(C)CCCNC(=O)c1cccc2c1OCCO2. The predicted molar refractivity (Wildman–Crippen MR) is 86.5 cm³/mol. The first kappa shape index (κ1) is 17.6. The van der Waals surface area contributed by atoms with Gasteiger partial charge < -0.3 is 14.8 Å². The molecule has 1 aliphatic rings. The summed E-state index contributed by atoms with van der Waals surface area (Å²) in [7, 11) is -1.64. The minimum Gasteiger partial charge on any atom is -0.486 e. The normalized spacial score (nSPS) is 13.9. The minimum absolute atomic E-state index is 0.0728. The van der Waals surface area contributed by atoms with Crippen LogP contribution in [0.4, 0.5) is 0 Å².